The number of likely N-dealkylation sites (N-methyl/N-ethyl adjacent to an activating group) is 2. The second-order valence-corrected chi connectivity index (χ2v) is 5.91. The lowest BCUT2D eigenvalue weighted by Crippen LogP contribution is -2.43. The van der Waals surface area contributed by atoms with Crippen LogP contribution in [0.2, 0.25) is 0 Å². The van der Waals surface area contributed by atoms with Crippen LogP contribution in [-0.4, -0.2) is 60.6 Å². The minimum atomic E-state index is -0.165. The van der Waals surface area contributed by atoms with E-state index in [-0.39, 0.29) is 18.6 Å². The Balaban J connectivity index is 2.83. The van der Waals surface area contributed by atoms with Gasteiger partial charge >= 0.3 is 0 Å². The second-order valence-electron chi connectivity index (χ2n) is 4.83. The predicted molar refractivity (Wildman–Crippen MR) is 83.0 cm³/mol. The number of hydrogen-bond donors (Lipinski definition) is 1. The first-order valence-electron chi connectivity index (χ1n) is 6.64. The van der Waals surface area contributed by atoms with Gasteiger partial charge in [0.15, 0.2) is 0 Å². The average molecular weight is 294 g/mol. The fourth-order valence-corrected chi connectivity index (χ4v) is 2.91. The van der Waals surface area contributed by atoms with Crippen molar-refractivity contribution in [2.75, 3.05) is 33.8 Å². The second kappa shape index (κ2) is 8.05. The number of nitrogens with zero attached hydrogens (tertiary/aromatic N) is 2. The summed E-state index contributed by atoms with van der Waals surface area (Å²) in [6.45, 7) is 5.40. The number of hydrogen-bond acceptors (Lipinski definition) is 4. The number of amides is 1. The van der Waals surface area contributed by atoms with E-state index in [4.69, 9.17) is 5.11 Å². The van der Waals surface area contributed by atoms with Gasteiger partial charge in [0, 0.05) is 19.1 Å². The van der Waals surface area contributed by atoms with E-state index in [1.54, 1.807) is 6.07 Å². The van der Waals surface area contributed by atoms with Gasteiger partial charge in [-0.1, -0.05) is 11.8 Å². The molecule has 5 heteroatoms. The Morgan fingerprint density at radius 3 is 2.70 bits per heavy atom. The topological polar surface area (TPSA) is 43.8 Å². The molecule has 110 valence electrons. The van der Waals surface area contributed by atoms with Crippen molar-refractivity contribution >= 4 is 17.2 Å². The maximum absolute atomic E-state index is 12.5. The van der Waals surface area contributed by atoms with Crippen LogP contribution in [0.3, 0.4) is 0 Å². The highest BCUT2D eigenvalue weighted by molar-refractivity contribution is 7.14. The summed E-state index contributed by atoms with van der Waals surface area (Å²) in [6, 6.07) is 3.79. The van der Waals surface area contributed by atoms with Crippen LogP contribution in [0.5, 0.6) is 0 Å². The van der Waals surface area contributed by atoms with Crippen molar-refractivity contribution in [3.8, 4) is 11.8 Å². The zero-order valence-electron chi connectivity index (χ0n) is 12.5. The highest BCUT2D eigenvalue weighted by Gasteiger charge is 2.21. The van der Waals surface area contributed by atoms with E-state index in [0.717, 1.165) is 11.4 Å². The molecule has 1 rings (SSSR count). The van der Waals surface area contributed by atoms with Crippen LogP contribution >= 0.6 is 11.3 Å². The van der Waals surface area contributed by atoms with Crippen molar-refractivity contribution in [3.05, 3.63) is 21.9 Å². The first-order valence-corrected chi connectivity index (χ1v) is 7.46. The molecule has 1 N–H and O–H groups in total. The number of rotatable bonds is 5. The monoisotopic (exact) mass is 294 g/mol. The molecule has 0 aromatic carbocycles. The first-order chi connectivity index (χ1) is 9.49. The fourth-order valence-electron chi connectivity index (χ4n) is 2.07. The summed E-state index contributed by atoms with van der Waals surface area (Å²) < 4.78 is 0. The molecule has 20 heavy (non-hydrogen) atoms. The molecule has 1 aromatic rings. The van der Waals surface area contributed by atoms with Gasteiger partial charge in [0.1, 0.15) is 6.61 Å². The first kappa shape index (κ1) is 16.7. The molecule has 0 spiro atoms. The molecule has 1 atom stereocenters. The van der Waals surface area contributed by atoms with Crippen LogP contribution < -0.4 is 0 Å². The van der Waals surface area contributed by atoms with Crippen molar-refractivity contribution in [2.24, 2.45) is 0 Å². The van der Waals surface area contributed by atoms with Crippen molar-refractivity contribution in [1.29, 1.82) is 0 Å². The van der Waals surface area contributed by atoms with Gasteiger partial charge in [0.2, 0.25) is 0 Å². The average Bonchev–Trinajstić information content (AvgIpc) is 2.84. The van der Waals surface area contributed by atoms with E-state index in [0.29, 0.717) is 11.4 Å². The minimum absolute atomic E-state index is 0.0453. The van der Waals surface area contributed by atoms with Gasteiger partial charge in [-0.15, -0.1) is 11.3 Å². The Bertz CT molecular complexity index is 499. The third kappa shape index (κ3) is 4.64. The van der Waals surface area contributed by atoms with Crippen LogP contribution in [0.4, 0.5) is 0 Å². The lowest BCUT2D eigenvalue weighted by Gasteiger charge is -2.29. The maximum Gasteiger partial charge on any atom is 0.264 e. The molecule has 0 aliphatic rings. The summed E-state index contributed by atoms with van der Waals surface area (Å²) in [4.78, 5) is 18.0. The standard InChI is InChI=1S/C15H22N2O2S/c1-5-17(12(2)11-16(3)4)15(19)14-9-8-13(20-14)7-6-10-18/h8-9,12,18H,5,10-11H2,1-4H3. The Morgan fingerprint density at radius 2 is 2.15 bits per heavy atom. The van der Waals surface area contributed by atoms with Crippen LogP contribution in [0.1, 0.15) is 28.4 Å². The number of aliphatic hydroxyl groups is 1. The summed E-state index contributed by atoms with van der Waals surface area (Å²) in [6.07, 6.45) is 0. The summed E-state index contributed by atoms with van der Waals surface area (Å²) >= 11 is 1.37. The van der Waals surface area contributed by atoms with Crippen LogP contribution in [0.25, 0.3) is 0 Å². The Labute approximate surface area is 125 Å². The lowest BCUT2D eigenvalue weighted by molar-refractivity contribution is 0.0684. The lowest BCUT2D eigenvalue weighted by atomic mass is 10.2. The SMILES string of the molecule is CCN(C(=O)c1ccc(C#CCO)s1)C(C)CN(C)C. The van der Waals surface area contributed by atoms with E-state index in [9.17, 15) is 4.79 Å². The number of carbonyl (C=O) groups excluding carboxylic acids is 1. The van der Waals surface area contributed by atoms with Gasteiger partial charge in [0.05, 0.1) is 9.75 Å². The van der Waals surface area contributed by atoms with Gasteiger partial charge in [-0.05, 0) is 40.1 Å². The third-order valence-electron chi connectivity index (χ3n) is 2.87. The molecule has 0 bridgehead atoms. The van der Waals surface area contributed by atoms with E-state index >= 15 is 0 Å². The van der Waals surface area contributed by atoms with Crippen molar-refractivity contribution in [1.82, 2.24) is 9.80 Å². The van der Waals surface area contributed by atoms with Crippen molar-refractivity contribution in [2.45, 2.75) is 19.9 Å². The summed E-state index contributed by atoms with van der Waals surface area (Å²) in [7, 11) is 4.01. The zero-order valence-corrected chi connectivity index (χ0v) is 13.3. The van der Waals surface area contributed by atoms with E-state index in [1.807, 2.05) is 32.0 Å². The van der Waals surface area contributed by atoms with E-state index < -0.39 is 0 Å². The Hall–Kier alpha value is -1.35. The largest absolute Gasteiger partial charge is 0.384 e. The van der Waals surface area contributed by atoms with Crippen molar-refractivity contribution in [3.63, 3.8) is 0 Å². The van der Waals surface area contributed by atoms with Gasteiger partial charge in [-0.25, -0.2) is 0 Å². The Kier molecular flexibility index (Phi) is 6.73. The number of carbonyl (C=O) groups is 1. The molecule has 1 amide bonds. The van der Waals surface area contributed by atoms with Crippen LogP contribution in [-0.2, 0) is 0 Å². The van der Waals surface area contributed by atoms with Gasteiger partial charge in [-0.3, -0.25) is 4.79 Å². The number of thiophene rings is 1. The van der Waals surface area contributed by atoms with E-state index in [2.05, 4.69) is 23.7 Å². The molecule has 1 heterocycles. The highest BCUT2D eigenvalue weighted by Crippen LogP contribution is 2.18. The molecular weight excluding hydrogens is 272 g/mol. The van der Waals surface area contributed by atoms with Gasteiger partial charge in [-0.2, -0.15) is 0 Å². The molecule has 0 radical (unpaired) electrons. The molecule has 0 aliphatic carbocycles. The zero-order chi connectivity index (χ0) is 15.1. The quantitative estimate of drug-likeness (QED) is 0.837. The maximum atomic E-state index is 12.5. The van der Waals surface area contributed by atoms with E-state index in [1.165, 1.54) is 11.3 Å². The summed E-state index contributed by atoms with van der Waals surface area (Å²) in [5, 5.41) is 8.68. The summed E-state index contributed by atoms with van der Waals surface area (Å²) in [5.74, 6) is 5.47. The van der Waals surface area contributed by atoms with Gasteiger partial charge in [0.25, 0.3) is 5.91 Å². The third-order valence-corrected chi connectivity index (χ3v) is 3.86. The molecule has 4 nitrogen and oxygen atoms in total. The number of aliphatic hydroxyl groups excluding tert-OH is 1. The molecule has 0 fully saturated rings. The highest BCUT2D eigenvalue weighted by atomic mass is 32.1. The smallest absolute Gasteiger partial charge is 0.264 e. The Morgan fingerprint density at radius 1 is 1.45 bits per heavy atom. The minimum Gasteiger partial charge on any atom is -0.384 e. The molecule has 0 saturated heterocycles. The predicted octanol–water partition coefficient (Wildman–Crippen LogP) is 1.50. The van der Waals surface area contributed by atoms with Gasteiger partial charge < -0.3 is 14.9 Å². The molecular formula is C15H22N2O2S. The van der Waals surface area contributed by atoms with Crippen molar-refractivity contribution < 1.29 is 9.90 Å². The van der Waals surface area contributed by atoms with Crippen LogP contribution in [0.15, 0.2) is 12.1 Å². The summed E-state index contributed by atoms with van der Waals surface area (Å²) in [5.41, 5.74) is 0. The normalized spacial score (nSPS) is 11.9. The molecule has 0 aliphatic heterocycles. The van der Waals surface area contributed by atoms with Crippen LogP contribution in [0, 0.1) is 11.8 Å². The molecule has 1 aromatic heterocycles. The molecule has 0 saturated carbocycles. The fraction of sp³-hybridized carbons (Fsp3) is 0.533. The molecule has 1 unspecified atom stereocenters.